The van der Waals surface area contributed by atoms with E-state index >= 15 is 0 Å². The molecule has 3 rings (SSSR count). The number of amides is 2. The predicted octanol–water partition coefficient (Wildman–Crippen LogP) is 2.49. The molecule has 1 atom stereocenters. The number of aliphatic hydroxyl groups excluding tert-OH is 1. The third-order valence-electron chi connectivity index (χ3n) is 4.88. The van der Waals surface area contributed by atoms with Crippen molar-refractivity contribution in [1.29, 1.82) is 0 Å². The van der Waals surface area contributed by atoms with Crippen molar-refractivity contribution in [3.8, 4) is 0 Å². The number of rotatable bonds is 8. The van der Waals surface area contributed by atoms with E-state index in [0.29, 0.717) is 6.54 Å². The molecule has 6 nitrogen and oxygen atoms in total. The van der Waals surface area contributed by atoms with Crippen molar-refractivity contribution < 1.29 is 14.6 Å². The van der Waals surface area contributed by atoms with Gasteiger partial charge in [-0.1, -0.05) is 42.5 Å². The van der Waals surface area contributed by atoms with Gasteiger partial charge < -0.3 is 25.4 Å². The Kier molecular flexibility index (Phi) is 7.70. The van der Waals surface area contributed by atoms with Crippen LogP contribution in [0.4, 0.5) is 10.5 Å². The van der Waals surface area contributed by atoms with Crippen LogP contribution < -0.4 is 15.5 Å². The van der Waals surface area contributed by atoms with Crippen LogP contribution in [0.1, 0.15) is 23.7 Å². The van der Waals surface area contributed by atoms with Gasteiger partial charge in [-0.2, -0.15) is 0 Å². The summed E-state index contributed by atoms with van der Waals surface area (Å²) in [6, 6.07) is 17.8. The topological polar surface area (TPSA) is 73.8 Å². The fraction of sp³-hybridized carbons (Fsp3) is 0.409. The molecule has 1 fully saturated rings. The maximum Gasteiger partial charge on any atom is 0.314 e. The number of ether oxygens (including phenoxy) is 1. The first-order chi connectivity index (χ1) is 13.7. The zero-order chi connectivity index (χ0) is 19.6. The quantitative estimate of drug-likeness (QED) is 0.613. The molecule has 0 radical (unpaired) electrons. The number of nitrogens with zero attached hydrogens (tertiary/aromatic N) is 1. The first kappa shape index (κ1) is 20.2. The van der Waals surface area contributed by atoms with Crippen LogP contribution in [-0.2, 0) is 11.2 Å². The van der Waals surface area contributed by atoms with Gasteiger partial charge in [-0.3, -0.25) is 0 Å². The summed E-state index contributed by atoms with van der Waals surface area (Å²) in [6.45, 7) is 4.04. The van der Waals surface area contributed by atoms with Gasteiger partial charge in [-0.25, -0.2) is 4.79 Å². The Labute approximate surface area is 166 Å². The highest BCUT2D eigenvalue weighted by Crippen LogP contribution is 2.20. The minimum Gasteiger partial charge on any atom is -0.387 e. The van der Waals surface area contributed by atoms with Crippen LogP contribution in [0.2, 0.25) is 0 Å². The predicted molar refractivity (Wildman–Crippen MR) is 111 cm³/mol. The summed E-state index contributed by atoms with van der Waals surface area (Å²) in [4.78, 5) is 14.2. The molecule has 0 spiro atoms. The Morgan fingerprint density at radius 2 is 1.75 bits per heavy atom. The Morgan fingerprint density at radius 3 is 2.46 bits per heavy atom. The molecule has 2 amide bonds. The van der Waals surface area contributed by atoms with Crippen LogP contribution in [0.15, 0.2) is 54.6 Å². The maximum absolute atomic E-state index is 11.9. The first-order valence-corrected chi connectivity index (χ1v) is 9.89. The van der Waals surface area contributed by atoms with Crippen molar-refractivity contribution in [1.82, 2.24) is 10.6 Å². The zero-order valence-electron chi connectivity index (χ0n) is 16.1. The molecular weight excluding hydrogens is 354 g/mol. The molecule has 0 aromatic heterocycles. The number of carbonyl (C=O) groups excluding carboxylic acids is 1. The second kappa shape index (κ2) is 10.7. The van der Waals surface area contributed by atoms with Crippen LogP contribution in [-0.4, -0.2) is 50.5 Å². The largest absolute Gasteiger partial charge is 0.387 e. The molecule has 150 valence electrons. The average Bonchev–Trinajstić information content (AvgIpc) is 2.76. The van der Waals surface area contributed by atoms with Crippen molar-refractivity contribution >= 4 is 11.7 Å². The number of nitrogens with one attached hydrogen (secondary N) is 2. The van der Waals surface area contributed by atoms with E-state index in [2.05, 4.69) is 27.7 Å². The van der Waals surface area contributed by atoms with Crippen LogP contribution in [0.5, 0.6) is 0 Å². The summed E-state index contributed by atoms with van der Waals surface area (Å²) in [5.74, 6) is 0. The van der Waals surface area contributed by atoms with Gasteiger partial charge in [0.2, 0.25) is 0 Å². The van der Waals surface area contributed by atoms with Crippen LogP contribution >= 0.6 is 0 Å². The van der Waals surface area contributed by atoms with Crippen LogP contribution in [0, 0.1) is 0 Å². The van der Waals surface area contributed by atoms with Gasteiger partial charge in [0.15, 0.2) is 0 Å². The first-order valence-electron chi connectivity index (χ1n) is 9.89. The highest BCUT2D eigenvalue weighted by atomic mass is 16.5. The molecule has 1 saturated heterocycles. The highest BCUT2D eigenvalue weighted by Gasteiger charge is 2.13. The van der Waals surface area contributed by atoms with Gasteiger partial charge in [0.25, 0.3) is 0 Å². The summed E-state index contributed by atoms with van der Waals surface area (Å²) in [7, 11) is 0. The van der Waals surface area contributed by atoms with E-state index in [0.717, 1.165) is 50.4 Å². The van der Waals surface area contributed by atoms with E-state index in [1.807, 2.05) is 42.5 Å². The van der Waals surface area contributed by atoms with E-state index < -0.39 is 6.10 Å². The van der Waals surface area contributed by atoms with Crippen LogP contribution in [0.25, 0.3) is 0 Å². The van der Waals surface area contributed by atoms with Crippen LogP contribution in [0.3, 0.4) is 0 Å². The molecule has 1 heterocycles. The number of aliphatic hydroxyl groups is 1. The number of aryl methyl sites for hydroxylation is 1. The number of urea groups is 1. The summed E-state index contributed by atoms with van der Waals surface area (Å²) in [5.41, 5.74) is 3.19. The molecule has 2 aromatic carbocycles. The molecule has 1 aliphatic rings. The highest BCUT2D eigenvalue weighted by molar-refractivity contribution is 5.73. The molecule has 0 aliphatic carbocycles. The lowest BCUT2D eigenvalue weighted by Crippen LogP contribution is -2.38. The second-order valence-corrected chi connectivity index (χ2v) is 6.93. The summed E-state index contributed by atoms with van der Waals surface area (Å²) in [5, 5.41) is 15.9. The number of hydrogen-bond acceptors (Lipinski definition) is 4. The zero-order valence-corrected chi connectivity index (χ0v) is 16.1. The van der Waals surface area contributed by atoms with Crippen molar-refractivity contribution in [2.75, 3.05) is 44.3 Å². The third kappa shape index (κ3) is 6.25. The molecule has 0 bridgehead atoms. The normalized spacial score (nSPS) is 15.1. The third-order valence-corrected chi connectivity index (χ3v) is 4.88. The monoisotopic (exact) mass is 383 g/mol. The molecule has 28 heavy (non-hydrogen) atoms. The molecular formula is C22H29N3O3. The van der Waals surface area contributed by atoms with Gasteiger partial charge in [-0.05, 0) is 36.1 Å². The van der Waals surface area contributed by atoms with Gasteiger partial charge in [-0.15, -0.1) is 0 Å². The van der Waals surface area contributed by atoms with E-state index in [9.17, 15) is 9.90 Å². The fourth-order valence-corrected chi connectivity index (χ4v) is 3.24. The van der Waals surface area contributed by atoms with Gasteiger partial charge >= 0.3 is 6.03 Å². The Balaban J connectivity index is 1.34. The van der Waals surface area contributed by atoms with Gasteiger partial charge in [0.05, 0.1) is 19.3 Å². The number of benzene rings is 2. The molecule has 6 heteroatoms. The summed E-state index contributed by atoms with van der Waals surface area (Å²) in [6.07, 6.45) is 1.08. The van der Waals surface area contributed by atoms with E-state index in [1.54, 1.807) is 0 Å². The molecule has 1 aliphatic heterocycles. The lowest BCUT2D eigenvalue weighted by Gasteiger charge is -2.29. The number of hydrogen-bond donors (Lipinski definition) is 3. The van der Waals surface area contributed by atoms with E-state index in [4.69, 9.17) is 4.74 Å². The van der Waals surface area contributed by atoms with Crippen molar-refractivity contribution in [3.05, 3.63) is 65.7 Å². The Bertz CT molecular complexity index is 716. The summed E-state index contributed by atoms with van der Waals surface area (Å²) < 4.78 is 5.37. The van der Waals surface area contributed by atoms with Gasteiger partial charge in [0, 0.05) is 31.9 Å². The maximum atomic E-state index is 11.9. The van der Waals surface area contributed by atoms with E-state index in [1.165, 1.54) is 5.56 Å². The SMILES string of the molecule is O=C(NCCCc1ccccc1)NCC(O)c1ccc(N2CCOCC2)cc1. The fourth-order valence-electron chi connectivity index (χ4n) is 3.24. The van der Waals surface area contributed by atoms with E-state index in [-0.39, 0.29) is 12.6 Å². The number of anilines is 1. The smallest absolute Gasteiger partial charge is 0.314 e. The second-order valence-electron chi connectivity index (χ2n) is 6.93. The lowest BCUT2D eigenvalue weighted by molar-refractivity contribution is 0.122. The number of carbonyl (C=O) groups is 1. The van der Waals surface area contributed by atoms with Crippen molar-refractivity contribution in [2.24, 2.45) is 0 Å². The molecule has 2 aromatic rings. The number of morpholine rings is 1. The minimum absolute atomic E-state index is 0.182. The minimum atomic E-state index is -0.728. The Morgan fingerprint density at radius 1 is 1.04 bits per heavy atom. The lowest BCUT2D eigenvalue weighted by atomic mass is 10.1. The van der Waals surface area contributed by atoms with Gasteiger partial charge in [0.1, 0.15) is 0 Å². The standard InChI is InChI=1S/C22H29N3O3/c26-21(19-8-10-20(11-9-19)25-13-15-28-16-14-25)17-24-22(27)23-12-4-7-18-5-2-1-3-6-18/h1-3,5-6,8-11,21,26H,4,7,12-17H2,(H2,23,24,27). The average molecular weight is 383 g/mol. The summed E-state index contributed by atoms with van der Waals surface area (Å²) >= 11 is 0. The van der Waals surface area contributed by atoms with Crippen molar-refractivity contribution in [3.63, 3.8) is 0 Å². The molecule has 0 saturated carbocycles. The molecule has 3 N–H and O–H groups in total. The Hall–Kier alpha value is -2.57. The molecule has 1 unspecified atom stereocenters. The van der Waals surface area contributed by atoms with Crippen molar-refractivity contribution in [2.45, 2.75) is 18.9 Å².